The number of rotatable bonds is 6. The molecule has 0 heterocycles. The Morgan fingerprint density at radius 2 is 1.40 bits per heavy atom. The van der Waals surface area contributed by atoms with Gasteiger partial charge in [-0.05, 0) is 0 Å². The van der Waals surface area contributed by atoms with Gasteiger partial charge in [0.05, 0.1) is 0 Å². The van der Waals surface area contributed by atoms with Gasteiger partial charge in [-0.3, -0.25) is 0 Å². The van der Waals surface area contributed by atoms with Gasteiger partial charge in [-0.15, -0.1) is 0 Å². The second-order valence-electron chi connectivity index (χ2n) is 2.64. The maximum absolute atomic E-state index is 5.45. The molecule has 1 radical (unpaired) electrons. The second-order valence-corrected chi connectivity index (χ2v) is 11.4. The standard InChI is InChI=1S/2C4H9.S.Sb/c2*1-3-4-2;;/h2*1,3-4H2,2H3;;. The van der Waals surface area contributed by atoms with Crippen molar-refractivity contribution in [2.24, 2.45) is 0 Å². The van der Waals surface area contributed by atoms with Crippen LogP contribution in [0.4, 0.5) is 0 Å². The average Bonchev–Trinajstić information content (AvgIpc) is 1.97. The molecule has 2 heteroatoms. The van der Waals surface area contributed by atoms with E-state index in [1.807, 2.05) is 0 Å². The summed E-state index contributed by atoms with van der Waals surface area (Å²) in [6, 6.07) is 0. The Bertz CT molecular complexity index is 81.3. The zero-order chi connectivity index (χ0) is 7.82. The molecule has 0 rings (SSSR count). The van der Waals surface area contributed by atoms with Crippen LogP contribution in [-0.2, 0) is 0 Å². The van der Waals surface area contributed by atoms with Crippen molar-refractivity contribution in [2.75, 3.05) is 0 Å². The van der Waals surface area contributed by atoms with Crippen LogP contribution >= 0.6 is 9.19 Å². The first-order valence-corrected chi connectivity index (χ1v) is 11.3. The van der Waals surface area contributed by atoms with Gasteiger partial charge in [-0.25, -0.2) is 0 Å². The molecule has 0 aromatic rings. The first kappa shape index (κ1) is 11.0. The summed E-state index contributed by atoms with van der Waals surface area (Å²) in [7, 11) is 5.45. The SMILES string of the molecule is CCC[CH2][Sb](=[S])[CH2]CCC. The predicted octanol–water partition coefficient (Wildman–Crippen LogP) is 3.78. The van der Waals surface area contributed by atoms with Crippen LogP contribution < -0.4 is 0 Å². The summed E-state index contributed by atoms with van der Waals surface area (Å²) in [5, 5.41) is 0. The molecule has 0 bridgehead atoms. The van der Waals surface area contributed by atoms with Crippen LogP contribution in [0.15, 0.2) is 0 Å². The molecule has 0 atom stereocenters. The van der Waals surface area contributed by atoms with Crippen LogP contribution in [0.25, 0.3) is 0 Å². The zero-order valence-electron chi connectivity index (χ0n) is 7.10. The van der Waals surface area contributed by atoms with Crippen molar-refractivity contribution in [3.63, 3.8) is 0 Å². The van der Waals surface area contributed by atoms with Gasteiger partial charge in [0.25, 0.3) is 0 Å². The van der Waals surface area contributed by atoms with E-state index in [1.54, 1.807) is 0 Å². The number of unbranched alkanes of at least 4 members (excludes halogenated alkanes) is 2. The number of hydrogen-bond donors (Lipinski definition) is 0. The molecule has 0 aliphatic rings. The van der Waals surface area contributed by atoms with Gasteiger partial charge < -0.3 is 0 Å². The molecule has 0 saturated carbocycles. The summed E-state index contributed by atoms with van der Waals surface area (Å²) < 4.78 is 2.88. The summed E-state index contributed by atoms with van der Waals surface area (Å²) in [4.78, 5) is 0. The molecule has 0 unspecified atom stereocenters. The Kier molecular flexibility index (Phi) is 8.98. The molecule has 0 aliphatic heterocycles. The molecule has 61 valence electrons. The Hall–Kier alpha value is 1.04. The third kappa shape index (κ3) is 7.15. The van der Waals surface area contributed by atoms with E-state index in [0.29, 0.717) is 0 Å². The van der Waals surface area contributed by atoms with E-state index in [2.05, 4.69) is 13.8 Å². The summed E-state index contributed by atoms with van der Waals surface area (Å²) in [5.41, 5.74) is 0. The van der Waals surface area contributed by atoms with Gasteiger partial charge >= 0.3 is 75.7 Å². The molecule has 0 amide bonds. The van der Waals surface area contributed by atoms with Crippen LogP contribution in [0.3, 0.4) is 0 Å². The minimum absolute atomic E-state index is 1.04. The second kappa shape index (κ2) is 8.14. The van der Waals surface area contributed by atoms with Gasteiger partial charge in [-0.2, -0.15) is 0 Å². The first-order valence-electron chi connectivity index (χ1n) is 4.23. The Labute approximate surface area is 75.5 Å². The Morgan fingerprint density at radius 3 is 1.70 bits per heavy atom. The van der Waals surface area contributed by atoms with Crippen LogP contribution in [0.1, 0.15) is 39.5 Å². The van der Waals surface area contributed by atoms with Crippen molar-refractivity contribution in [1.29, 1.82) is 0 Å². The van der Waals surface area contributed by atoms with E-state index < -0.39 is 18.2 Å². The number of hydrogen-bond acceptors (Lipinski definition) is 1. The van der Waals surface area contributed by atoms with Gasteiger partial charge in [0, 0.05) is 0 Å². The van der Waals surface area contributed by atoms with E-state index in [4.69, 9.17) is 9.19 Å². The normalized spacial score (nSPS) is 9.80. The molecule has 0 nitrogen and oxygen atoms in total. The fraction of sp³-hybridized carbons (Fsp3) is 1.00. The molecule has 10 heavy (non-hydrogen) atoms. The summed E-state index contributed by atoms with van der Waals surface area (Å²) >= 11 is -1.04. The molecule has 0 fully saturated rings. The summed E-state index contributed by atoms with van der Waals surface area (Å²) in [5.74, 6) is 0. The maximum atomic E-state index is 5.45. The third-order valence-corrected chi connectivity index (χ3v) is 8.62. The van der Waals surface area contributed by atoms with E-state index >= 15 is 0 Å². The topological polar surface area (TPSA) is 0 Å². The van der Waals surface area contributed by atoms with Gasteiger partial charge in [-0.1, -0.05) is 0 Å². The van der Waals surface area contributed by atoms with Crippen molar-refractivity contribution in [3.05, 3.63) is 0 Å². The van der Waals surface area contributed by atoms with Crippen LogP contribution in [-0.4, -0.2) is 18.2 Å². The Morgan fingerprint density at radius 1 is 1.00 bits per heavy atom. The molecular weight excluding hydrogens is 250 g/mol. The van der Waals surface area contributed by atoms with Crippen LogP contribution in [0.2, 0.25) is 8.73 Å². The molecule has 0 aliphatic carbocycles. The van der Waals surface area contributed by atoms with Crippen LogP contribution in [0.5, 0.6) is 0 Å². The van der Waals surface area contributed by atoms with E-state index in [1.165, 1.54) is 34.4 Å². The minimum atomic E-state index is -1.04. The monoisotopic (exact) mass is 267 g/mol. The van der Waals surface area contributed by atoms with E-state index in [-0.39, 0.29) is 0 Å². The molecule has 0 N–H and O–H groups in total. The van der Waals surface area contributed by atoms with Gasteiger partial charge in [0.1, 0.15) is 0 Å². The quantitative estimate of drug-likeness (QED) is 0.660. The van der Waals surface area contributed by atoms with Crippen molar-refractivity contribution >= 4 is 27.4 Å². The molecule has 0 saturated heterocycles. The fourth-order valence-electron chi connectivity index (χ4n) is 0.781. The molecular formula is C8H18SSb. The van der Waals surface area contributed by atoms with Crippen molar-refractivity contribution in [2.45, 2.75) is 48.3 Å². The van der Waals surface area contributed by atoms with Gasteiger partial charge in [0.2, 0.25) is 0 Å². The molecule has 0 spiro atoms. The van der Waals surface area contributed by atoms with Crippen molar-refractivity contribution in [3.8, 4) is 0 Å². The first-order chi connectivity index (χ1) is 4.81. The van der Waals surface area contributed by atoms with E-state index in [9.17, 15) is 0 Å². The van der Waals surface area contributed by atoms with Crippen molar-refractivity contribution < 1.29 is 0 Å². The molecule has 0 aromatic heterocycles. The fourth-order valence-corrected chi connectivity index (χ4v) is 6.97. The Balaban J connectivity index is 3.09. The van der Waals surface area contributed by atoms with E-state index in [0.717, 1.165) is 0 Å². The summed E-state index contributed by atoms with van der Waals surface area (Å²) in [6.07, 6.45) is 5.47. The average molecular weight is 268 g/mol. The van der Waals surface area contributed by atoms with Crippen molar-refractivity contribution in [1.82, 2.24) is 0 Å². The van der Waals surface area contributed by atoms with Crippen LogP contribution in [0, 0.1) is 0 Å². The predicted molar refractivity (Wildman–Crippen MR) is 52.8 cm³/mol. The summed E-state index contributed by atoms with van der Waals surface area (Å²) in [6.45, 7) is 4.51. The zero-order valence-corrected chi connectivity index (χ0v) is 10.5. The molecule has 0 aromatic carbocycles. The third-order valence-electron chi connectivity index (χ3n) is 1.52. The van der Waals surface area contributed by atoms with Gasteiger partial charge in [0.15, 0.2) is 0 Å².